The summed E-state index contributed by atoms with van der Waals surface area (Å²) in [7, 11) is 0. The van der Waals surface area contributed by atoms with Crippen molar-refractivity contribution in [2.75, 3.05) is 11.5 Å². The Morgan fingerprint density at radius 1 is 0.524 bits per heavy atom. The fraction of sp³-hybridized carbons (Fsp3) is 0.625. The third-order valence-corrected chi connectivity index (χ3v) is 7.65. The molecule has 0 atom stereocenters. The van der Waals surface area contributed by atoms with Crippen LogP contribution in [0.2, 0.25) is 0 Å². The van der Waals surface area contributed by atoms with E-state index in [0.717, 1.165) is 0 Å². The summed E-state index contributed by atoms with van der Waals surface area (Å²) >= 11 is 0. The zero-order valence-electron chi connectivity index (χ0n) is 25.7. The summed E-state index contributed by atoms with van der Waals surface area (Å²) in [5.41, 5.74) is 7.83. The van der Waals surface area contributed by atoms with Crippen LogP contribution in [0.3, 0.4) is 0 Å². The van der Waals surface area contributed by atoms with Crippen molar-refractivity contribution in [3.05, 3.63) is 57.6 Å². The minimum atomic E-state index is -6.50. The maximum atomic E-state index is 15.6. The van der Waals surface area contributed by atoms with Crippen LogP contribution < -0.4 is 11.5 Å². The van der Waals surface area contributed by atoms with Gasteiger partial charge in [-0.05, 0) is 83.0 Å². The Morgan fingerprint density at radius 2 is 0.810 bits per heavy atom. The van der Waals surface area contributed by atoms with Gasteiger partial charge in [0.15, 0.2) is 0 Å². The van der Waals surface area contributed by atoms with E-state index in [1.807, 2.05) is 13.8 Å². The molecule has 2 rings (SSSR count). The van der Waals surface area contributed by atoms with Crippen LogP contribution in [0.1, 0.15) is 114 Å². The van der Waals surface area contributed by atoms with Crippen molar-refractivity contribution >= 4 is 11.4 Å². The molecule has 0 saturated carbocycles. The number of rotatable bonds is 11. The molecule has 0 spiro atoms. The molecule has 10 heteroatoms. The molecular weight excluding hydrogens is 564 g/mol. The van der Waals surface area contributed by atoms with Gasteiger partial charge in [0, 0.05) is 22.5 Å². The van der Waals surface area contributed by atoms with E-state index < -0.39 is 45.6 Å². The minimum Gasteiger partial charge on any atom is -0.398 e. The summed E-state index contributed by atoms with van der Waals surface area (Å²) in [6, 6.07) is 2.51. The second-order valence-electron chi connectivity index (χ2n) is 13.2. The van der Waals surface area contributed by atoms with Gasteiger partial charge >= 0.3 is 23.7 Å². The van der Waals surface area contributed by atoms with Gasteiger partial charge in [0.25, 0.3) is 0 Å². The third-order valence-electron chi connectivity index (χ3n) is 7.65. The molecule has 2 nitrogen and oxygen atoms in total. The molecule has 0 aliphatic rings. The van der Waals surface area contributed by atoms with E-state index >= 15 is 35.1 Å². The molecule has 0 heterocycles. The largest absolute Gasteiger partial charge is 0.398 e. The van der Waals surface area contributed by atoms with Gasteiger partial charge in [-0.2, -0.15) is 35.1 Å². The van der Waals surface area contributed by atoms with E-state index in [2.05, 4.69) is 0 Å². The van der Waals surface area contributed by atoms with Crippen molar-refractivity contribution < 1.29 is 35.1 Å². The maximum absolute atomic E-state index is 15.6. The van der Waals surface area contributed by atoms with Gasteiger partial charge in [-0.25, -0.2) is 0 Å². The number of hydrogen-bond donors (Lipinski definition) is 2. The first-order valence-corrected chi connectivity index (χ1v) is 14.3. The standard InChI is InChI=1S/C32H44F8N2/c1-9-11-13-19-15-21(17-23(25(19)41)27(3,4)5)29(33,34)31(37,38)32(39,40)30(35,36)22-16-20(14-12-10-2)26(42)24(18-22)28(6,7)8/h15-18H,9-14,41-42H2,1-8H3. The monoisotopic (exact) mass is 608 g/mol. The molecule has 42 heavy (non-hydrogen) atoms. The quantitative estimate of drug-likeness (QED) is 0.197. The van der Waals surface area contributed by atoms with E-state index in [0.29, 0.717) is 49.9 Å². The number of hydrogen-bond acceptors (Lipinski definition) is 2. The van der Waals surface area contributed by atoms with Crippen molar-refractivity contribution in [1.82, 2.24) is 0 Å². The van der Waals surface area contributed by atoms with Gasteiger partial charge in [0.2, 0.25) is 0 Å². The molecule has 238 valence electrons. The van der Waals surface area contributed by atoms with E-state index in [1.165, 1.54) is 0 Å². The van der Waals surface area contributed by atoms with Gasteiger partial charge < -0.3 is 11.5 Å². The fourth-order valence-corrected chi connectivity index (χ4v) is 4.94. The van der Waals surface area contributed by atoms with Crippen molar-refractivity contribution in [3.63, 3.8) is 0 Å². The van der Waals surface area contributed by atoms with Crippen LogP contribution in [0.4, 0.5) is 46.5 Å². The zero-order valence-corrected chi connectivity index (χ0v) is 25.7. The van der Waals surface area contributed by atoms with Crippen LogP contribution in [0.15, 0.2) is 24.3 Å². The Hall–Kier alpha value is -2.52. The Labute approximate surface area is 244 Å². The predicted octanol–water partition coefficient (Wildman–Crippen LogP) is 10.3. The Kier molecular flexibility index (Phi) is 10.1. The van der Waals surface area contributed by atoms with Crippen LogP contribution in [-0.2, 0) is 35.5 Å². The lowest BCUT2D eigenvalue weighted by Crippen LogP contribution is -2.59. The molecule has 0 amide bonds. The summed E-state index contributed by atoms with van der Waals surface area (Å²) in [5.74, 6) is -24.4. The molecule has 0 aromatic heterocycles. The lowest BCUT2D eigenvalue weighted by Gasteiger charge is -2.38. The van der Waals surface area contributed by atoms with Crippen molar-refractivity contribution in [2.24, 2.45) is 0 Å². The van der Waals surface area contributed by atoms with Gasteiger partial charge in [-0.1, -0.05) is 68.2 Å². The molecule has 0 unspecified atom stereocenters. The minimum absolute atomic E-state index is 0.0329. The SMILES string of the molecule is CCCCc1cc(C(F)(F)C(F)(F)C(F)(F)C(F)(F)c2cc(CCCC)c(N)c(C(C)(C)C)c2)cc(C(C)(C)C)c1N. The number of unbranched alkanes of at least 4 members (excludes halogenated alkanes) is 2. The highest BCUT2D eigenvalue weighted by atomic mass is 19.4. The highest BCUT2D eigenvalue weighted by Gasteiger charge is 2.81. The first-order chi connectivity index (χ1) is 18.9. The maximum Gasteiger partial charge on any atom is 0.382 e. The number of nitrogens with two attached hydrogens (primary N) is 2. The van der Waals surface area contributed by atoms with E-state index in [1.54, 1.807) is 41.5 Å². The van der Waals surface area contributed by atoms with E-state index in [-0.39, 0.29) is 46.5 Å². The van der Waals surface area contributed by atoms with Crippen LogP contribution in [-0.4, -0.2) is 11.8 Å². The smallest absolute Gasteiger partial charge is 0.382 e. The summed E-state index contributed by atoms with van der Waals surface area (Å²) in [6.07, 6.45) is 2.39. The van der Waals surface area contributed by atoms with Gasteiger partial charge in [-0.15, -0.1) is 0 Å². The number of anilines is 2. The lowest BCUT2D eigenvalue weighted by atomic mass is 9.79. The molecule has 0 aliphatic carbocycles. The van der Waals surface area contributed by atoms with Gasteiger partial charge in [0.05, 0.1) is 0 Å². The van der Waals surface area contributed by atoms with E-state index in [9.17, 15) is 0 Å². The Bertz CT molecular complexity index is 1160. The lowest BCUT2D eigenvalue weighted by molar-refractivity contribution is -0.374. The average Bonchev–Trinajstić information content (AvgIpc) is 2.85. The Morgan fingerprint density at radius 3 is 1.05 bits per heavy atom. The zero-order chi connectivity index (χ0) is 32.7. The first-order valence-electron chi connectivity index (χ1n) is 14.3. The van der Waals surface area contributed by atoms with Crippen LogP contribution in [0.25, 0.3) is 0 Å². The third kappa shape index (κ3) is 6.37. The van der Waals surface area contributed by atoms with Crippen molar-refractivity contribution in [3.8, 4) is 0 Å². The summed E-state index contributed by atoms with van der Waals surface area (Å²) in [5, 5.41) is 0. The van der Waals surface area contributed by atoms with Crippen LogP contribution in [0, 0.1) is 0 Å². The number of halogens is 8. The van der Waals surface area contributed by atoms with E-state index in [4.69, 9.17) is 11.5 Å². The molecule has 2 aromatic carbocycles. The molecule has 0 radical (unpaired) electrons. The van der Waals surface area contributed by atoms with Crippen LogP contribution in [0.5, 0.6) is 0 Å². The normalized spacial score (nSPS) is 14.0. The number of alkyl halides is 8. The summed E-state index contributed by atoms with van der Waals surface area (Å²) < 4.78 is 124. The van der Waals surface area contributed by atoms with Crippen molar-refractivity contribution in [2.45, 2.75) is 128 Å². The number of nitrogen functional groups attached to an aromatic ring is 2. The molecule has 0 saturated heterocycles. The highest BCUT2D eigenvalue weighted by Crippen LogP contribution is 2.60. The Balaban J connectivity index is 2.80. The summed E-state index contributed by atoms with van der Waals surface area (Å²) in [6.45, 7) is 13.2. The topological polar surface area (TPSA) is 52.0 Å². The molecule has 0 bridgehead atoms. The van der Waals surface area contributed by atoms with Gasteiger partial charge in [-0.3, -0.25) is 0 Å². The molecule has 0 fully saturated rings. The predicted molar refractivity (Wildman–Crippen MR) is 154 cm³/mol. The highest BCUT2D eigenvalue weighted by molar-refractivity contribution is 5.60. The fourth-order valence-electron chi connectivity index (χ4n) is 4.94. The molecule has 4 N–H and O–H groups in total. The number of aryl methyl sites for hydroxylation is 2. The molecule has 0 aliphatic heterocycles. The summed E-state index contributed by atoms with van der Waals surface area (Å²) in [4.78, 5) is 0. The molecular formula is C32H44F8N2. The second-order valence-corrected chi connectivity index (χ2v) is 13.2. The average molecular weight is 609 g/mol. The van der Waals surface area contributed by atoms with Gasteiger partial charge in [0.1, 0.15) is 0 Å². The second kappa shape index (κ2) is 11.9. The van der Waals surface area contributed by atoms with Crippen LogP contribution >= 0.6 is 0 Å². The number of benzene rings is 2. The van der Waals surface area contributed by atoms with Crippen molar-refractivity contribution in [1.29, 1.82) is 0 Å². The molecule has 2 aromatic rings. The first kappa shape index (κ1) is 35.7.